The van der Waals surface area contributed by atoms with Crippen molar-refractivity contribution in [1.82, 2.24) is 0 Å². The Balaban J connectivity index is 2.26. The summed E-state index contributed by atoms with van der Waals surface area (Å²) < 4.78 is 0. The van der Waals surface area contributed by atoms with Crippen molar-refractivity contribution < 1.29 is 4.79 Å². The number of carbonyl (C=O) groups excluding carboxylic acids is 1. The van der Waals surface area contributed by atoms with Gasteiger partial charge in [-0.05, 0) is 48.7 Å². The zero-order chi connectivity index (χ0) is 16.8. The summed E-state index contributed by atoms with van der Waals surface area (Å²) in [4.78, 5) is 12.3. The Kier molecular flexibility index (Phi) is 4.92. The topological polar surface area (TPSA) is 76.7 Å². The first-order chi connectivity index (χ1) is 11.0. The predicted molar refractivity (Wildman–Crippen MR) is 89.3 cm³/mol. The molecular weight excluding hydrogens is 286 g/mol. The molecule has 0 bridgehead atoms. The number of rotatable bonds is 3. The number of aryl methyl sites for hydroxylation is 2. The van der Waals surface area contributed by atoms with Gasteiger partial charge in [-0.2, -0.15) is 10.5 Å². The van der Waals surface area contributed by atoms with Crippen LogP contribution >= 0.6 is 0 Å². The van der Waals surface area contributed by atoms with Crippen LogP contribution in [0.15, 0.2) is 48.0 Å². The van der Waals surface area contributed by atoms with Gasteiger partial charge in [-0.25, -0.2) is 0 Å². The van der Waals surface area contributed by atoms with Gasteiger partial charge in [0.25, 0.3) is 5.91 Å². The molecule has 0 atom stereocenters. The van der Waals surface area contributed by atoms with E-state index < -0.39 is 5.91 Å². The zero-order valence-corrected chi connectivity index (χ0v) is 12.9. The molecule has 0 radical (unpaired) electrons. The van der Waals surface area contributed by atoms with Crippen LogP contribution in [0.5, 0.6) is 0 Å². The van der Waals surface area contributed by atoms with Crippen LogP contribution in [0.3, 0.4) is 0 Å². The highest BCUT2D eigenvalue weighted by molar-refractivity contribution is 6.10. The first-order valence-electron chi connectivity index (χ1n) is 7.04. The van der Waals surface area contributed by atoms with Crippen molar-refractivity contribution in [2.75, 3.05) is 5.32 Å². The van der Waals surface area contributed by atoms with Crippen molar-refractivity contribution >= 4 is 17.7 Å². The number of anilines is 1. The molecule has 0 spiro atoms. The van der Waals surface area contributed by atoms with E-state index in [1.165, 1.54) is 6.08 Å². The van der Waals surface area contributed by atoms with Crippen LogP contribution in [0, 0.1) is 36.5 Å². The number of benzene rings is 2. The number of carbonyl (C=O) groups is 1. The minimum Gasteiger partial charge on any atom is -0.321 e. The number of hydrogen-bond donors (Lipinski definition) is 1. The molecule has 4 heteroatoms. The molecule has 23 heavy (non-hydrogen) atoms. The van der Waals surface area contributed by atoms with E-state index in [0.717, 1.165) is 16.8 Å². The predicted octanol–water partition coefficient (Wildman–Crippen LogP) is 3.72. The molecule has 2 rings (SSSR count). The van der Waals surface area contributed by atoms with Crippen molar-refractivity contribution in [1.29, 1.82) is 10.5 Å². The summed E-state index contributed by atoms with van der Waals surface area (Å²) in [6.45, 7) is 3.80. The maximum atomic E-state index is 12.3. The molecule has 1 amide bonds. The molecule has 2 aromatic carbocycles. The maximum absolute atomic E-state index is 12.3. The number of hydrogen-bond acceptors (Lipinski definition) is 3. The van der Waals surface area contributed by atoms with Crippen molar-refractivity contribution in [3.8, 4) is 12.1 Å². The molecule has 112 valence electrons. The number of amides is 1. The van der Waals surface area contributed by atoms with E-state index >= 15 is 0 Å². The monoisotopic (exact) mass is 301 g/mol. The quantitative estimate of drug-likeness (QED) is 0.693. The fraction of sp³-hybridized carbons (Fsp3) is 0.105. The Labute approximate surface area is 135 Å². The summed E-state index contributed by atoms with van der Waals surface area (Å²) in [6.07, 6.45) is 1.50. The third kappa shape index (κ3) is 3.84. The van der Waals surface area contributed by atoms with Gasteiger partial charge >= 0.3 is 0 Å². The lowest BCUT2D eigenvalue weighted by molar-refractivity contribution is -0.112. The van der Waals surface area contributed by atoms with E-state index in [9.17, 15) is 10.1 Å². The molecule has 0 heterocycles. The van der Waals surface area contributed by atoms with Crippen molar-refractivity contribution in [3.05, 3.63) is 70.3 Å². The van der Waals surface area contributed by atoms with Crippen molar-refractivity contribution in [2.24, 2.45) is 0 Å². The number of nitriles is 2. The van der Waals surface area contributed by atoms with Crippen LogP contribution in [0.1, 0.15) is 22.3 Å². The first-order valence-corrected chi connectivity index (χ1v) is 7.04. The van der Waals surface area contributed by atoms with Gasteiger partial charge < -0.3 is 5.32 Å². The highest BCUT2D eigenvalue weighted by Gasteiger charge is 2.12. The van der Waals surface area contributed by atoms with Gasteiger partial charge in [-0.1, -0.05) is 30.3 Å². The fourth-order valence-corrected chi connectivity index (χ4v) is 2.16. The lowest BCUT2D eigenvalue weighted by Crippen LogP contribution is -2.15. The van der Waals surface area contributed by atoms with Gasteiger partial charge in [0.1, 0.15) is 11.6 Å². The lowest BCUT2D eigenvalue weighted by Gasteiger charge is -2.10. The van der Waals surface area contributed by atoms with E-state index in [4.69, 9.17) is 5.26 Å². The highest BCUT2D eigenvalue weighted by Crippen LogP contribution is 2.20. The molecule has 1 N–H and O–H groups in total. The van der Waals surface area contributed by atoms with Crippen LogP contribution in [0.2, 0.25) is 0 Å². The Bertz CT molecular complexity index is 829. The summed E-state index contributed by atoms with van der Waals surface area (Å²) in [5, 5.41) is 20.8. The molecular formula is C19H15N3O. The third-order valence-corrected chi connectivity index (χ3v) is 3.44. The Morgan fingerprint density at radius 2 is 1.65 bits per heavy atom. The normalized spacial score (nSPS) is 10.5. The van der Waals surface area contributed by atoms with Gasteiger partial charge in [-0.3, -0.25) is 4.79 Å². The van der Waals surface area contributed by atoms with Gasteiger partial charge in [0.15, 0.2) is 0 Å². The summed E-state index contributed by atoms with van der Waals surface area (Å²) in [5.74, 6) is -0.450. The second-order valence-electron chi connectivity index (χ2n) is 5.12. The van der Waals surface area contributed by atoms with E-state index in [2.05, 4.69) is 5.32 Å². The molecule has 0 aliphatic rings. The minimum atomic E-state index is -0.450. The second kappa shape index (κ2) is 7.06. The van der Waals surface area contributed by atoms with Crippen LogP contribution in [0.4, 0.5) is 5.69 Å². The Morgan fingerprint density at radius 3 is 2.17 bits per heavy atom. The highest BCUT2D eigenvalue weighted by atomic mass is 16.1. The standard InChI is InChI=1S/C19H15N3O/c1-13-4-3-5-14(2)18(13)22-19(23)17(12-21)10-15-6-8-16(11-20)9-7-15/h3-10H,1-2H3,(H,22,23)/b17-10+. The summed E-state index contributed by atoms with van der Waals surface area (Å²) >= 11 is 0. The SMILES string of the molecule is Cc1cccc(C)c1NC(=O)/C(C#N)=C/c1ccc(C#N)cc1. The second-order valence-corrected chi connectivity index (χ2v) is 5.12. The Hall–Kier alpha value is -3.37. The lowest BCUT2D eigenvalue weighted by atomic mass is 10.1. The van der Waals surface area contributed by atoms with Crippen LogP contribution in [-0.2, 0) is 4.79 Å². The van der Waals surface area contributed by atoms with Gasteiger partial charge in [0.2, 0.25) is 0 Å². The average molecular weight is 301 g/mol. The number of para-hydroxylation sites is 1. The number of nitrogens with zero attached hydrogens (tertiary/aromatic N) is 2. The summed E-state index contributed by atoms with van der Waals surface area (Å²) in [7, 11) is 0. The smallest absolute Gasteiger partial charge is 0.266 e. The van der Waals surface area contributed by atoms with Gasteiger partial charge in [0, 0.05) is 5.69 Å². The van der Waals surface area contributed by atoms with Crippen LogP contribution < -0.4 is 5.32 Å². The molecule has 0 aromatic heterocycles. The molecule has 0 saturated heterocycles. The Morgan fingerprint density at radius 1 is 1.04 bits per heavy atom. The summed E-state index contributed by atoms with van der Waals surface area (Å²) in [6, 6.07) is 16.3. The van der Waals surface area contributed by atoms with E-state index in [0.29, 0.717) is 11.1 Å². The molecule has 0 saturated carbocycles. The van der Waals surface area contributed by atoms with Crippen LogP contribution in [0.25, 0.3) is 6.08 Å². The summed E-state index contributed by atoms with van der Waals surface area (Å²) in [5.41, 5.74) is 3.83. The van der Waals surface area contributed by atoms with E-state index in [-0.39, 0.29) is 5.57 Å². The maximum Gasteiger partial charge on any atom is 0.266 e. The van der Waals surface area contributed by atoms with Gasteiger partial charge in [-0.15, -0.1) is 0 Å². The van der Waals surface area contributed by atoms with Crippen LogP contribution in [-0.4, -0.2) is 5.91 Å². The molecule has 0 unspecified atom stereocenters. The zero-order valence-electron chi connectivity index (χ0n) is 12.9. The first kappa shape index (κ1) is 16.0. The molecule has 0 aliphatic carbocycles. The molecule has 0 aliphatic heterocycles. The largest absolute Gasteiger partial charge is 0.321 e. The molecule has 2 aromatic rings. The van der Waals surface area contributed by atoms with E-state index in [1.54, 1.807) is 24.3 Å². The molecule has 0 fully saturated rings. The van der Waals surface area contributed by atoms with Gasteiger partial charge in [0.05, 0.1) is 11.6 Å². The fourth-order valence-electron chi connectivity index (χ4n) is 2.16. The third-order valence-electron chi connectivity index (χ3n) is 3.44. The minimum absolute atomic E-state index is 0.0114. The average Bonchev–Trinajstić information content (AvgIpc) is 2.56. The molecule has 4 nitrogen and oxygen atoms in total. The van der Waals surface area contributed by atoms with Crippen molar-refractivity contribution in [3.63, 3.8) is 0 Å². The van der Waals surface area contributed by atoms with Crippen molar-refractivity contribution in [2.45, 2.75) is 13.8 Å². The van der Waals surface area contributed by atoms with E-state index in [1.807, 2.05) is 44.2 Å². The number of nitrogens with one attached hydrogen (secondary N) is 1.